The van der Waals surface area contributed by atoms with Crippen LogP contribution in [0.1, 0.15) is 58.8 Å². The van der Waals surface area contributed by atoms with Crippen LogP contribution in [0.2, 0.25) is 0 Å². The summed E-state index contributed by atoms with van der Waals surface area (Å²) in [5.74, 6) is 0.960. The molecule has 1 aliphatic carbocycles. The molecular formula is C14H28N2O. The average molecular weight is 240 g/mol. The van der Waals surface area contributed by atoms with E-state index in [0.717, 1.165) is 31.8 Å². The van der Waals surface area contributed by atoms with Gasteiger partial charge < -0.3 is 10.6 Å². The maximum Gasteiger partial charge on any atom is 0.237 e. The lowest BCUT2D eigenvalue weighted by molar-refractivity contribution is -0.123. The highest BCUT2D eigenvalue weighted by molar-refractivity contribution is 5.81. The SMILES string of the molecule is CC.O=C(NCC1CCCCC1)C1CCCN1. The fourth-order valence-electron chi connectivity index (χ4n) is 2.67. The van der Waals surface area contributed by atoms with Crippen molar-refractivity contribution in [3.63, 3.8) is 0 Å². The van der Waals surface area contributed by atoms with Crippen molar-refractivity contribution in [3.05, 3.63) is 0 Å². The van der Waals surface area contributed by atoms with Crippen LogP contribution in [0.25, 0.3) is 0 Å². The topological polar surface area (TPSA) is 41.1 Å². The van der Waals surface area contributed by atoms with E-state index in [-0.39, 0.29) is 11.9 Å². The number of carbonyl (C=O) groups excluding carboxylic acids is 1. The minimum atomic E-state index is 0.0913. The van der Waals surface area contributed by atoms with Gasteiger partial charge in [0.05, 0.1) is 6.04 Å². The zero-order chi connectivity index (χ0) is 12.5. The van der Waals surface area contributed by atoms with Gasteiger partial charge in [0.15, 0.2) is 0 Å². The lowest BCUT2D eigenvalue weighted by Crippen LogP contribution is -2.42. The van der Waals surface area contributed by atoms with Crippen LogP contribution in [0.3, 0.4) is 0 Å². The maximum atomic E-state index is 11.7. The Balaban J connectivity index is 0.000000686. The van der Waals surface area contributed by atoms with Gasteiger partial charge in [0.25, 0.3) is 0 Å². The lowest BCUT2D eigenvalue weighted by Gasteiger charge is -2.22. The van der Waals surface area contributed by atoms with Crippen molar-refractivity contribution in [2.75, 3.05) is 13.1 Å². The summed E-state index contributed by atoms with van der Waals surface area (Å²) in [5, 5.41) is 6.32. The number of hydrogen-bond donors (Lipinski definition) is 2. The predicted octanol–water partition coefficient (Wildman–Crippen LogP) is 2.46. The van der Waals surface area contributed by atoms with E-state index in [1.54, 1.807) is 0 Å². The van der Waals surface area contributed by atoms with Crippen LogP contribution in [0.15, 0.2) is 0 Å². The molecule has 0 aromatic rings. The fraction of sp³-hybridized carbons (Fsp3) is 0.929. The molecule has 1 atom stereocenters. The molecule has 3 nitrogen and oxygen atoms in total. The lowest BCUT2D eigenvalue weighted by atomic mass is 9.89. The molecule has 1 amide bonds. The Morgan fingerprint density at radius 1 is 1.12 bits per heavy atom. The van der Waals surface area contributed by atoms with Gasteiger partial charge in [0.2, 0.25) is 5.91 Å². The summed E-state index contributed by atoms with van der Waals surface area (Å²) in [4.78, 5) is 11.7. The van der Waals surface area contributed by atoms with Crippen LogP contribution in [-0.2, 0) is 4.79 Å². The molecule has 1 unspecified atom stereocenters. The second-order valence-corrected chi connectivity index (χ2v) is 4.90. The summed E-state index contributed by atoms with van der Waals surface area (Å²) < 4.78 is 0. The van der Waals surface area contributed by atoms with Crippen molar-refractivity contribution in [1.82, 2.24) is 10.6 Å². The first-order valence-corrected chi connectivity index (χ1v) is 7.37. The van der Waals surface area contributed by atoms with Gasteiger partial charge in [-0.15, -0.1) is 0 Å². The number of hydrogen-bond acceptors (Lipinski definition) is 2. The summed E-state index contributed by atoms with van der Waals surface area (Å²) in [6, 6.07) is 0.0913. The van der Waals surface area contributed by atoms with Gasteiger partial charge in [0, 0.05) is 6.54 Å². The van der Waals surface area contributed by atoms with Gasteiger partial charge in [-0.3, -0.25) is 4.79 Å². The molecule has 0 bridgehead atoms. The second-order valence-electron chi connectivity index (χ2n) is 4.90. The normalized spacial score (nSPS) is 24.9. The first kappa shape index (κ1) is 14.5. The second kappa shape index (κ2) is 8.51. The molecule has 0 spiro atoms. The van der Waals surface area contributed by atoms with Crippen molar-refractivity contribution in [2.24, 2.45) is 5.92 Å². The van der Waals surface area contributed by atoms with E-state index in [2.05, 4.69) is 10.6 Å². The van der Waals surface area contributed by atoms with Crippen LogP contribution in [-0.4, -0.2) is 25.0 Å². The molecule has 2 fully saturated rings. The van der Waals surface area contributed by atoms with E-state index >= 15 is 0 Å². The molecule has 0 radical (unpaired) electrons. The number of nitrogens with one attached hydrogen (secondary N) is 2. The van der Waals surface area contributed by atoms with Crippen molar-refractivity contribution in [2.45, 2.75) is 64.8 Å². The van der Waals surface area contributed by atoms with Gasteiger partial charge in [-0.25, -0.2) is 0 Å². The minimum Gasteiger partial charge on any atom is -0.354 e. The molecule has 2 aliphatic rings. The van der Waals surface area contributed by atoms with Gasteiger partial charge in [-0.2, -0.15) is 0 Å². The molecule has 1 aliphatic heterocycles. The third-order valence-electron chi connectivity index (χ3n) is 3.67. The Labute approximate surface area is 106 Å². The van der Waals surface area contributed by atoms with E-state index in [1.807, 2.05) is 13.8 Å². The van der Waals surface area contributed by atoms with Crippen LogP contribution >= 0.6 is 0 Å². The third kappa shape index (κ3) is 5.07. The zero-order valence-electron chi connectivity index (χ0n) is 11.4. The van der Waals surface area contributed by atoms with Crippen molar-refractivity contribution in [1.29, 1.82) is 0 Å². The van der Waals surface area contributed by atoms with E-state index in [4.69, 9.17) is 0 Å². The highest BCUT2D eigenvalue weighted by Gasteiger charge is 2.22. The van der Waals surface area contributed by atoms with Crippen molar-refractivity contribution >= 4 is 5.91 Å². The fourth-order valence-corrected chi connectivity index (χ4v) is 2.67. The Bertz CT molecular complexity index is 206. The summed E-state index contributed by atoms with van der Waals surface area (Å²) in [7, 11) is 0. The van der Waals surface area contributed by atoms with E-state index < -0.39 is 0 Å². The molecule has 100 valence electrons. The Morgan fingerprint density at radius 3 is 2.41 bits per heavy atom. The predicted molar refractivity (Wildman–Crippen MR) is 72.0 cm³/mol. The van der Waals surface area contributed by atoms with Gasteiger partial charge in [0.1, 0.15) is 0 Å². The first-order chi connectivity index (χ1) is 8.36. The zero-order valence-corrected chi connectivity index (χ0v) is 11.4. The van der Waals surface area contributed by atoms with E-state index in [0.29, 0.717) is 0 Å². The molecule has 1 heterocycles. The standard InChI is InChI=1S/C12H22N2O.C2H6/c15-12(11-7-4-8-13-11)14-9-10-5-2-1-3-6-10;1-2/h10-11,13H,1-9H2,(H,14,15);1-2H3. The minimum absolute atomic E-state index is 0.0913. The largest absolute Gasteiger partial charge is 0.354 e. The maximum absolute atomic E-state index is 11.7. The summed E-state index contributed by atoms with van der Waals surface area (Å²) in [6.07, 6.45) is 8.84. The molecule has 2 N–H and O–H groups in total. The molecule has 0 aromatic carbocycles. The van der Waals surface area contributed by atoms with Crippen LogP contribution < -0.4 is 10.6 Å². The smallest absolute Gasteiger partial charge is 0.237 e. The van der Waals surface area contributed by atoms with Gasteiger partial charge >= 0.3 is 0 Å². The molecule has 2 rings (SSSR count). The third-order valence-corrected chi connectivity index (χ3v) is 3.67. The Hall–Kier alpha value is -0.570. The summed E-state index contributed by atoms with van der Waals surface area (Å²) in [5.41, 5.74) is 0. The highest BCUT2D eigenvalue weighted by atomic mass is 16.2. The molecule has 17 heavy (non-hydrogen) atoms. The molecule has 0 aromatic heterocycles. The van der Waals surface area contributed by atoms with Crippen molar-refractivity contribution < 1.29 is 4.79 Å². The summed E-state index contributed by atoms with van der Waals surface area (Å²) in [6.45, 7) is 5.90. The molecule has 3 heteroatoms. The Morgan fingerprint density at radius 2 is 1.82 bits per heavy atom. The summed E-state index contributed by atoms with van der Waals surface area (Å²) >= 11 is 0. The number of amides is 1. The molecular weight excluding hydrogens is 212 g/mol. The Kier molecular flexibility index (Phi) is 7.25. The van der Waals surface area contributed by atoms with Crippen LogP contribution in [0.4, 0.5) is 0 Å². The van der Waals surface area contributed by atoms with Crippen LogP contribution in [0, 0.1) is 5.92 Å². The van der Waals surface area contributed by atoms with Crippen LogP contribution in [0.5, 0.6) is 0 Å². The number of rotatable bonds is 3. The van der Waals surface area contributed by atoms with E-state index in [1.165, 1.54) is 32.1 Å². The van der Waals surface area contributed by atoms with Crippen molar-refractivity contribution in [3.8, 4) is 0 Å². The van der Waals surface area contributed by atoms with Gasteiger partial charge in [-0.1, -0.05) is 33.1 Å². The quantitative estimate of drug-likeness (QED) is 0.795. The number of carbonyl (C=O) groups is 1. The van der Waals surface area contributed by atoms with Gasteiger partial charge in [-0.05, 0) is 38.1 Å². The van der Waals surface area contributed by atoms with E-state index in [9.17, 15) is 4.79 Å². The monoisotopic (exact) mass is 240 g/mol. The molecule has 1 saturated carbocycles. The first-order valence-electron chi connectivity index (χ1n) is 7.37. The highest BCUT2D eigenvalue weighted by Crippen LogP contribution is 2.22. The average Bonchev–Trinajstić information content (AvgIpc) is 2.93. The molecule has 1 saturated heterocycles.